The highest BCUT2D eigenvalue weighted by atomic mass is 16.5. The van der Waals surface area contributed by atoms with Gasteiger partial charge in [0.2, 0.25) is 0 Å². The van der Waals surface area contributed by atoms with Crippen molar-refractivity contribution < 1.29 is 14.3 Å². The molecule has 2 heterocycles. The zero-order valence-corrected chi connectivity index (χ0v) is 13.7. The minimum atomic E-state index is -0.0335. The molecule has 6 heteroatoms. The Labute approximate surface area is 140 Å². The molecule has 1 aliphatic carbocycles. The number of nitrogens with zero attached hydrogens (tertiary/aromatic N) is 2. The van der Waals surface area contributed by atoms with Crippen molar-refractivity contribution in [2.75, 3.05) is 20.3 Å². The molecule has 1 saturated carbocycles. The van der Waals surface area contributed by atoms with Crippen LogP contribution in [-0.4, -0.2) is 41.3 Å². The number of nitrogens with one attached hydrogen (secondary N) is 1. The second-order valence-corrected chi connectivity index (χ2v) is 6.36. The SMILES string of the molecule is COc1cccc2c1OCCCN(C(=O)c1cc(C3CC3)[nH]n1)C2. The number of aromatic nitrogens is 2. The van der Waals surface area contributed by atoms with Crippen molar-refractivity contribution in [3.05, 3.63) is 41.2 Å². The Bertz CT molecular complexity index is 752. The Morgan fingerprint density at radius 1 is 1.42 bits per heavy atom. The molecule has 0 unspecified atom stereocenters. The molecule has 4 rings (SSSR count). The van der Waals surface area contributed by atoms with Gasteiger partial charge < -0.3 is 14.4 Å². The molecule has 0 saturated heterocycles. The van der Waals surface area contributed by atoms with E-state index in [0.29, 0.717) is 37.1 Å². The highest BCUT2D eigenvalue weighted by Crippen LogP contribution is 2.39. The zero-order valence-electron chi connectivity index (χ0n) is 13.7. The number of hydrogen-bond donors (Lipinski definition) is 1. The second kappa shape index (κ2) is 6.19. The van der Waals surface area contributed by atoms with Crippen LogP contribution in [0, 0.1) is 0 Å². The quantitative estimate of drug-likeness (QED) is 0.941. The molecule has 24 heavy (non-hydrogen) atoms. The first-order chi connectivity index (χ1) is 11.8. The van der Waals surface area contributed by atoms with E-state index in [0.717, 1.165) is 23.4 Å². The number of para-hydroxylation sites is 1. The number of methoxy groups -OCH3 is 1. The summed E-state index contributed by atoms with van der Waals surface area (Å²) in [5.74, 6) is 1.97. The fourth-order valence-electron chi connectivity index (χ4n) is 3.11. The molecule has 1 aliphatic heterocycles. The zero-order chi connectivity index (χ0) is 16.5. The number of rotatable bonds is 3. The lowest BCUT2D eigenvalue weighted by molar-refractivity contribution is 0.0715. The fourth-order valence-corrected chi connectivity index (χ4v) is 3.11. The normalized spacial score (nSPS) is 17.5. The number of aromatic amines is 1. The summed E-state index contributed by atoms with van der Waals surface area (Å²) in [6, 6.07) is 7.68. The number of hydrogen-bond acceptors (Lipinski definition) is 4. The van der Waals surface area contributed by atoms with Gasteiger partial charge in [-0.3, -0.25) is 9.89 Å². The van der Waals surface area contributed by atoms with Gasteiger partial charge in [-0.05, 0) is 31.4 Å². The molecular weight excluding hydrogens is 306 g/mol. The van der Waals surface area contributed by atoms with E-state index >= 15 is 0 Å². The van der Waals surface area contributed by atoms with Gasteiger partial charge in [0, 0.05) is 30.3 Å². The van der Waals surface area contributed by atoms with E-state index < -0.39 is 0 Å². The average molecular weight is 327 g/mol. The van der Waals surface area contributed by atoms with Gasteiger partial charge >= 0.3 is 0 Å². The van der Waals surface area contributed by atoms with Gasteiger partial charge in [0.05, 0.1) is 13.7 Å². The molecule has 2 aromatic rings. The van der Waals surface area contributed by atoms with Crippen LogP contribution in [0.3, 0.4) is 0 Å². The molecule has 1 aromatic heterocycles. The molecule has 6 nitrogen and oxygen atoms in total. The van der Waals surface area contributed by atoms with E-state index in [9.17, 15) is 4.79 Å². The first-order valence-electron chi connectivity index (χ1n) is 8.39. The maximum Gasteiger partial charge on any atom is 0.274 e. The third kappa shape index (κ3) is 2.84. The monoisotopic (exact) mass is 327 g/mol. The maximum atomic E-state index is 12.9. The van der Waals surface area contributed by atoms with Crippen LogP contribution in [-0.2, 0) is 6.54 Å². The first-order valence-corrected chi connectivity index (χ1v) is 8.39. The Balaban J connectivity index is 1.58. The van der Waals surface area contributed by atoms with Gasteiger partial charge in [0.15, 0.2) is 11.5 Å². The Morgan fingerprint density at radius 2 is 2.29 bits per heavy atom. The lowest BCUT2D eigenvalue weighted by Crippen LogP contribution is -2.34. The number of fused-ring (bicyclic) bond motifs is 1. The molecule has 0 radical (unpaired) electrons. The van der Waals surface area contributed by atoms with Gasteiger partial charge in [-0.1, -0.05) is 12.1 Å². The van der Waals surface area contributed by atoms with Crippen molar-refractivity contribution in [2.45, 2.75) is 31.7 Å². The van der Waals surface area contributed by atoms with E-state index in [4.69, 9.17) is 9.47 Å². The van der Waals surface area contributed by atoms with Crippen LogP contribution in [0.4, 0.5) is 0 Å². The molecule has 1 aromatic carbocycles. The largest absolute Gasteiger partial charge is 0.493 e. The van der Waals surface area contributed by atoms with E-state index in [1.165, 1.54) is 12.8 Å². The number of carbonyl (C=O) groups excluding carboxylic acids is 1. The van der Waals surface area contributed by atoms with E-state index in [1.807, 2.05) is 29.2 Å². The Kier molecular flexibility index (Phi) is 3.88. The number of amides is 1. The van der Waals surface area contributed by atoms with Crippen LogP contribution < -0.4 is 9.47 Å². The molecular formula is C18H21N3O3. The summed E-state index contributed by atoms with van der Waals surface area (Å²) >= 11 is 0. The van der Waals surface area contributed by atoms with Crippen molar-refractivity contribution in [2.24, 2.45) is 0 Å². The number of ether oxygens (including phenoxy) is 2. The molecule has 2 aliphatic rings. The summed E-state index contributed by atoms with van der Waals surface area (Å²) in [6.45, 7) is 1.71. The predicted molar refractivity (Wildman–Crippen MR) is 88.4 cm³/mol. The molecule has 0 atom stereocenters. The van der Waals surface area contributed by atoms with Crippen molar-refractivity contribution in [3.8, 4) is 11.5 Å². The van der Waals surface area contributed by atoms with Gasteiger partial charge in [0.1, 0.15) is 5.69 Å². The average Bonchev–Trinajstić information content (AvgIpc) is 3.31. The van der Waals surface area contributed by atoms with E-state index in [1.54, 1.807) is 7.11 Å². The summed E-state index contributed by atoms with van der Waals surface area (Å²) in [5.41, 5.74) is 2.54. The lowest BCUT2D eigenvalue weighted by atomic mass is 10.1. The van der Waals surface area contributed by atoms with Crippen LogP contribution in [0.15, 0.2) is 24.3 Å². The summed E-state index contributed by atoms with van der Waals surface area (Å²) in [5, 5.41) is 7.24. The number of carbonyl (C=O) groups is 1. The fraction of sp³-hybridized carbons (Fsp3) is 0.444. The summed E-state index contributed by atoms with van der Waals surface area (Å²) in [7, 11) is 1.63. The number of H-pyrrole nitrogens is 1. The van der Waals surface area contributed by atoms with Gasteiger partial charge in [-0.15, -0.1) is 0 Å². The summed E-state index contributed by atoms with van der Waals surface area (Å²) in [4.78, 5) is 14.7. The third-order valence-corrected chi connectivity index (χ3v) is 4.58. The highest BCUT2D eigenvalue weighted by Gasteiger charge is 2.28. The lowest BCUT2D eigenvalue weighted by Gasteiger charge is -2.26. The predicted octanol–water partition coefficient (Wildman–Crippen LogP) is 2.72. The molecule has 1 amide bonds. The van der Waals surface area contributed by atoms with Crippen molar-refractivity contribution in [1.29, 1.82) is 0 Å². The first kappa shape index (κ1) is 15.1. The molecule has 126 valence electrons. The molecule has 1 fully saturated rings. The third-order valence-electron chi connectivity index (χ3n) is 4.58. The molecule has 1 N–H and O–H groups in total. The number of benzene rings is 1. The summed E-state index contributed by atoms with van der Waals surface area (Å²) in [6.07, 6.45) is 3.15. The van der Waals surface area contributed by atoms with Crippen molar-refractivity contribution in [3.63, 3.8) is 0 Å². The minimum absolute atomic E-state index is 0.0335. The maximum absolute atomic E-state index is 12.9. The highest BCUT2D eigenvalue weighted by molar-refractivity contribution is 5.92. The van der Waals surface area contributed by atoms with E-state index in [-0.39, 0.29) is 5.91 Å². The van der Waals surface area contributed by atoms with Crippen LogP contribution >= 0.6 is 0 Å². The van der Waals surface area contributed by atoms with Crippen LogP contribution in [0.25, 0.3) is 0 Å². The smallest absolute Gasteiger partial charge is 0.274 e. The van der Waals surface area contributed by atoms with Gasteiger partial charge in [-0.2, -0.15) is 5.10 Å². The standard InChI is InChI=1S/C18H21N3O3/c1-23-16-5-2-4-13-11-21(8-3-9-24-17(13)16)18(22)15-10-14(19-20-15)12-6-7-12/h2,4-5,10,12H,3,6-9,11H2,1H3,(H,19,20). The minimum Gasteiger partial charge on any atom is -0.493 e. The second-order valence-electron chi connectivity index (χ2n) is 6.36. The van der Waals surface area contributed by atoms with Crippen molar-refractivity contribution in [1.82, 2.24) is 15.1 Å². The topological polar surface area (TPSA) is 67.5 Å². The van der Waals surface area contributed by atoms with Gasteiger partial charge in [0.25, 0.3) is 5.91 Å². The Morgan fingerprint density at radius 3 is 3.08 bits per heavy atom. The molecule has 0 spiro atoms. The van der Waals surface area contributed by atoms with Crippen LogP contribution in [0.2, 0.25) is 0 Å². The van der Waals surface area contributed by atoms with Crippen molar-refractivity contribution >= 4 is 5.91 Å². The van der Waals surface area contributed by atoms with E-state index in [2.05, 4.69) is 10.2 Å². The summed E-state index contributed by atoms with van der Waals surface area (Å²) < 4.78 is 11.2. The molecule has 0 bridgehead atoms. The Hall–Kier alpha value is -2.50. The van der Waals surface area contributed by atoms with Crippen LogP contribution in [0.5, 0.6) is 11.5 Å². The van der Waals surface area contributed by atoms with Gasteiger partial charge in [-0.25, -0.2) is 0 Å². The van der Waals surface area contributed by atoms with Crippen LogP contribution in [0.1, 0.15) is 46.9 Å².